The molecule has 23 heavy (non-hydrogen) atoms. The molecular weight excluding hydrogens is 318 g/mol. The van der Waals surface area contributed by atoms with Crippen LogP contribution in [0.2, 0.25) is 0 Å². The molecule has 0 atom stereocenters. The van der Waals surface area contributed by atoms with Crippen LogP contribution in [-0.2, 0) is 11.3 Å². The minimum absolute atomic E-state index is 0.139. The summed E-state index contributed by atoms with van der Waals surface area (Å²) in [5.41, 5.74) is -0.0144. The molecule has 0 aliphatic rings. The van der Waals surface area contributed by atoms with E-state index in [0.717, 1.165) is 15.4 Å². The van der Waals surface area contributed by atoms with E-state index >= 15 is 0 Å². The van der Waals surface area contributed by atoms with Gasteiger partial charge in [0.1, 0.15) is 21.3 Å². The summed E-state index contributed by atoms with van der Waals surface area (Å²) in [5, 5.41) is 12.9. The Labute approximate surface area is 134 Å². The highest BCUT2D eigenvalue weighted by atomic mass is 32.1. The monoisotopic (exact) mass is 331 g/mol. The van der Waals surface area contributed by atoms with Gasteiger partial charge in [-0.15, -0.1) is 10.2 Å². The maximum atomic E-state index is 11.8. The lowest BCUT2D eigenvalue weighted by Crippen LogP contribution is -2.28. The van der Waals surface area contributed by atoms with Crippen LogP contribution >= 0.6 is 11.3 Å². The Morgan fingerprint density at radius 1 is 1.30 bits per heavy atom. The zero-order chi connectivity index (χ0) is 16.2. The Balaban J connectivity index is 1.57. The number of ether oxygens (including phenoxy) is 1. The fourth-order valence-corrected chi connectivity index (χ4v) is 2.56. The number of nitrogens with one attached hydrogen (secondary N) is 1. The van der Waals surface area contributed by atoms with Crippen molar-refractivity contribution in [2.24, 2.45) is 0 Å². The van der Waals surface area contributed by atoms with Crippen molar-refractivity contribution in [1.82, 2.24) is 15.5 Å². The second kappa shape index (κ2) is 6.57. The topological polar surface area (TPSA) is 94.3 Å². The fourth-order valence-electron chi connectivity index (χ4n) is 1.91. The van der Waals surface area contributed by atoms with Crippen LogP contribution in [-0.4, -0.2) is 22.7 Å². The van der Waals surface area contributed by atoms with Crippen LogP contribution in [0.3, 0.4) is 0 Å². The summed E-state index contributed by atoms with van der Waals surface area (Å²) in [6.07, 6.45) is 0. The molecule has 1 aromatic carbocycles. The van der Waals surface area contributed by atoms with Crippen LogP contribution in [0.1, 0.15) is 10.0 Å². The highest BCUT2D eigenvalue weighted by molar-refractivity contribution is 7.11. The lowest BCUT2D eigenvalue weighted by molar-refractivity contribution is -0.123. The van der Waals surface area contributed by atoms with E-state index in [1.165, 1.54) is 17.4 Å². The molecule has 0 fully saturated rings. The maximum Gasteiger partial charge on any atom is 0.336 e. The first-order valence-corrected chi connectivity index (χ1v) is 7.64. The standard InChI is InChI=1S/C15H13N3O4S/c1-9-17-18-14(23-9)7-16-13(19)8-21-11-4-2-10-3-5-15(20)22-12(10)6-11/h2-6H,7-8H2,1H3,(H,16,19). The largest absolute Gasteiger partial charge is 0.484 e. The van der Waals surface area contributed by atoms with Gasteiger partial charge in [-0.05, 0) is 25.1 Å². The number of aryl methyl sites for hydroxylation is 1. The van der Waals surface area contributed by atoms with Gasteiger partial charge in [-0.2, -0.15) is 0 Å². The summed E-state index contributed by atoms with van der Waals surface area (Å²) in [6, 6.07) is 8.07. The first-order valence-electron chi connectivity index (χ1n) is 6.82. The van der Waals surface area contributed by atoms with Crippen molar-refractivity contribution in [1.29, 1.82) is 0 Å². The molecule has 3 aromatic rings. The number of hydrogen-bond acceptors (Lipinski definition) is 7. The third-order valence-electron chi connectivity index (χ3n) is 2.97. The Hall–Kier alpha value is -2.74. The zero-order valence-corrected chi connectivity index (χ0v) is 13.1. The molecule has 0 aliphatic heterocycles. The molecule has 0 radical (unpaired) electrons. The lowest BCUT2D eigenvalue weighted by Gasteiger charge is -2.07. The highest BCUT2D eigenvalue weighted by Crippen LogP contribution is 2.19. The van der Waals surface area contributed by atoms with Crippen molar-refractivity contribution in [3.63, 3.8) is 0 Å². The molecule has 1 N–H and O–H groups in total. The van der Waals surface area contributed by atoms with Gasteiger partial charge in [0.2, 0.25) is 0 Å². The van der Waals surface area contributed by atoms with Crippen LogP contribution in [0, 0.1) is 6.92 Å². The smallest absolute Gasteiger partial charge is 0.336 e. The number of amides is 1. The third kappa shape index (κ3) is 3.92. The summed E-state index contributed by atoms with van der Waals surface area (Å²) in [6.45, 7) is 2.03. The van der Waals surface area contributed by atoms with E-state index < -0.39 is 5.63 Å². The molecule has 0 bridgehead atoms. The molecule has 0 saturated carbocycles. The number of aromatic nitrogens is 2. The van der Waals surface area contributed by atoms with Gasteiger partial charge in [0.05, 0.1) is 6.54 Å². The summed E-state index contributed by atoms with van der Waals surface area (Å²) in [7, 11) is 0. The van der Waals surface area contributed by atoms with Crippen LogP contribution in [0.5, 0.6) is 5.75 Å². The van der Waals surface area contributed by atoms with E-state index in [4.69, 9.17) is 9.15 Å². The molecule has 2 heterocycles. The van der Waals surface area contributed by atoms with Crippen molar-refractivity contribution in [2.75, 3.05) is 6.61 Å². The van der Waals surface area contributed by atoms with Crippen LogP contribution < -0.4 is 15.7 Å². The van der Waals surface area contributed by atoms with Gasteiger partial charge in [0.25, 0.3) is 5.91 Å². The molecule has 2 aromatic heterocycles. The van der Waals surface area contributed by atoms with Crippen LogP contribution in [0.15, 0.2) is 39.5 Å². The van der Waals surface area contributed by atoms with Crippen LogP contribution in [0.25, 0.3) is 11.0 Å². The molecule has 1 amide bonds. The summed E-state index contributed by atoms with van der Waals surface area (Å²) in [5.74, 6) is 0.182. The lowest BCUT2D eigenvalue weighted by atomic mass is 10.2. The van der Waals surface area contributed by atoms with Gasteiger partial charge in [-0.3, -0.25) is 4.79 Å². The Morgan fingerprint density at radius 2 is 2.13 bits per heavy atom. The summed E-state index contributed by atoms with van der Waals surface area (Å²) < 4.78 is 10.5. The second-order valence-corrected chi connectivity index (χ2v) is 6.00. The first kappa shape index (κ1) is 15.2. The predicted molar refractivity (Wildman–Crippen MR) is 84.5 cm³/mol. The van der Waals surface area contributed by atoms with Gasteiger partial charge in [0, 0.05) is 17.5 Å². The minimum atomic E-state index is -0.431. The van der Waals surface area contributed by atoms with Crippen LogP contribution in [0.4, 0.5) is 0 Å². The number of hydrogen-bond donors (Lipinski definition) is 1. The van der Waals surface area contributed by atoms with E-state index in [1.807, 2.05) is 6.92 Å². The average Bonchev–Trinajstić information content (AvgIpc) is 2.96. The van der Waals surface area contributed by atoms with Crippen molar-refractivity contribution in [3.8, 4) is 5.75 Å². The van der Waals surface area contributed by atoms with E-state index in [-0.39, 0.29) is 12.5 Å². The van der Waals surface area contributed by atoms with Crippen molar-refractivity contribution in [2.45, 2.75) is 13.5 Å². The van der Waals surface area contributed by atoms with Gasteiger partial charge in [0.15, 0.2) is 6.61 Å². The quantitative estimate of drug-likeness (QED) is 0.714. The summed E-state index contributed by atoms with van der Waals surface area (Å²) in [4.78, 5) is 23.0. The van der Waals surface area contributed by atoms with E-state index in [0.29, 0.717) is 17.9 Å². The molecule has 7 nitrogen and oxygen atoms in total. The molecule has 3 rings (SSSR count). The molecule has 118 valence electrons. The van der Waals surface area contributed by atoms with Gasteiger partial charge < -0.3 is 14.5 Å². The van der Waals surface area contributed by atoms with Crippen molar-refractivity contribution < 1.29 is 13.9 Å². The second-order valence-electron chi connectivity index (χ2n) is 4.73. The number of carbonyl (C=O) groups excluding carboxylic acids is 1. The summed E-state index contributed by atoms with van der Waals surface area (Å²) >= 11 is 1.43. The molecule has 0 saturated heterocycles. The fraction of sp³-hybridized carbons (Fsp3) is 0.200. The number of fused-ring (bicyclic) bond motifs is 1. The maximum absolute atomic E-state index is 11.8. The SMILES string of the molecule is Cc1nnc(CNC(=O)COc2ccc3ccc(=O)oc3c2)s1. The highest BCUT2D eigenvalue weighted by Gasteiger charge is 2.06. The normalized spacial score (nSPS) is 10.7. The minimum Gasteiger partial charge on any atom is -0.484 e. The Morgan fingerprint density at radius 3 is 2.91 bits per heavy atom. The van der Waals surface area contributed by atoms with Crippen molar-refractivity contribution >= 4 is 28.2 Å². The molecule has 8 heteroatoms. The van der Waals surface area contributed by atoms with Crippen molar-refractivity contribution in [3.05, 3.63) is 50.8 Å². The zero-order valence-electron chi connectivity index (χ0n) is 12.2. The molecule has 0 unspecified atom stereocenters. The van der Waals surface area contributed by atoms with Gasteiger partial charge >= 0.3 is 5.63 Å². The molecule has 0 aliphatic carbocycles. The molecule has 0 spiro atoms. The van der Waals surface area contributed by atoms with E-state index in [1.54, 1.807) is 24.3 Å². The number of rotatable bonds is 5. The Bertz CT molecular complexity index is 903. The number of carbonyl (C=O) groups is 1. The Kier molecular flexibility index (Phi) is 4.33. The van der Waals surface area contributed by atoms with E-state index in [2.05, 4.69) is 15.5 Å². The third-order valence-corrected chi connectivity index (χ3v) is 3.81. The van der Waals surface area contributed by atoms with Gasteiger partial charge in [-0.1, -0.05) is 11.3 Å². The number of nitrogens with zero attached hydrogens (tertiary/aromatic N) is 2. The van der Waals surface area contributed by atoms with Gasteiger partial charge in [-0.25, -0.2) is 4.79 Å². The average molecular weight is 331 g/mol. The van der Waals surface area contributed by atoms with E-state index in [9.17, 15) is 9.59 Å². The molecular formula is C15H13N3O4S. The first-order chi connectivity index (χ1) is 11.1. The number of benzene rings is 1. The predicted octanol–water partition coefficient (Wildman–Crippen LogP) is 1.65.